The van der Waals surface area contributed by atoms with Crippen LogP contribution in [-0.4, -0.2) is 48.7 Å². The van der Waals surface area contributed by atoms with Gasteiger partial charge in [-0.1, -0.05) is 13.3 Å². The number of hydrogen-bond acceptors (Lipinski definition) is 8. The van der Waals surface area contributed by atoms with Gasteiger partial charge < -0.3 is 23.0 Å². The van der Waals surface area contributed by atoms with Crippen molar-refractivity contribution in [2.24, 2.45) is 0 Å². The number of aromatic nitrogens is 2. The van der Waals surface area contributed by atoms with Gasteiger partial charge in [0.15, 0.2) is 6.23 Å². The fraction of sp³-hybridized carbons (Fsp3) is 0.722. The quantitative estimate of drug-likeness (QED) is 0.396. The van der Waals surface area contributed by atoms with E-state index in [0.29, 0.717) is 18.6 Å². The highest BCUT2D eigenvalue weighted by molar-refractivity contribution is 7.41. The van der Waals surface area contributed by atoms with E-state index in [9.17, 15) is 9.59 Å². The summed E-state index contributed by atoms with van der Waals surface area (Å²) in [7, 11) is -0.0495. The van der Waals surface area contributed by atoms with Crippen LogP contribution < -0.4 is 11.2 Å². The molecule has 0 aliphatic carbocycles. The van der Waals surface area contributed by atoms with Gasteiger partial charge in [-0.25, -0.2) is 4.79 Å². The van der Waals surface area contributed by atoms with Crippen LogP contribution in [0.1, 0.15) is 44.4 Å². The second kappa shape index (κ2) is 12.2. The Morgan fingerprint density at radius 1 is 1.34 bits per heavy atom. The Balaban J connectivity index is 1.98. The first kappa shape index (κ1) is 23.7. The van der Waals surface area contributed by atoms with E-state index in [-0.39, 0.29) is 31.8 Å². The molecule has 2 rings (SSSR count). The van der Waals surface area contributed by atoms with Gasteiger partial charge in [-0.05, 0) is 13.3 Å². The summed E-state index contributed by atoms with van der Waals surface area (Å²) in [6.07, 6.45) is 2.69. The predicted molar refractivity (Wildman–Crippen MR) is 105 cm³/mol. The number of H-pyrrole nitrogens is 1. The van der Waals surface area contributed by atoms with Crippen LogP contribution >= 0.6 is 8.60 Å². The summed E-state index contributed by atoms with van der Waals surface area (Å²) >= 11 is 0. The minimum Gasteiger partial charge on any atom is -0.377 e. The summed E-state index contributed by atoms with van der Waals surface area (Å²) in [5, 5.41) is 8.66. The van der Waals surface area contributed by atoms with Crippen molar-refractivity contribution in [3.05, 3.63) is 32.6 Å². The van der Waals surface area contributed by atoms with Crippen molar-refractivity contribution in [2.75, 3.05) is 26.9 Å². The highest BCUT2D eigenvalue weighted by Crippen LogP contribution is 2.41. The molecular weight excluding hydrogens is 401 g/mol. The first-order valence-electron chi connectivity index (χ1n) is 9.56. The van der Waals surface area contributed by atoms with Crippen LogP contribution in [0.2, 0.25) is 0 Å². The first-order valence-corrected chi connectivity index (χ1v) is 10.7. The van der Waals surface area contributed by atoms with Crippen molar-refractivity contribution in [1.82, 2.24) is 9.55 Å². The summed E-state index contributed by atoms with van der Waals surface area (Å²) in [6, 6.07) is 2.01. The Kier molecular flexibility index (Phi) is 9.94. The van der Waals surface area contributed by atoms with Gasteiger partial charge in [0, 0.05) is 25.3 Å². The molecule has 0 aromatic carbocycles. The molecule has 162 valence electrons. The average Bonchev–Trinajstić information content (AvgIpc) is 3.11. The number of aromatic amines is 1. The van der Waals surface area contributed by atoms with Gasteiger partial charge in [-0.2, -0.15) is 5.26 Å². The first-order chi connectivity index (χ1) is 14.0. The molecule has 11 heteroatoms. The van der Waals surface area contributed by atoms with Gasteiger partial charge in [0.2, 0.25) is 0 Å². The lowest BCUT2D eigenvalue weighted by Crippen LogP contribution is -2.36. The van der Waals surface area contributed by atoms with Crippen LogP contribution in [0.3, 0.4) is 0 Å². The molecule has 2 heterocycles. The third-order valence-corrected chi connectivity index (χ3v) is 5.49. The summed E-state index contributed by atoms with van der Waals surface area (Å²) in [6.45, 7) is 4.61. The standard InChI is InChI=1S/C18H28N3O7P/c1-4-5-8-25-29(26-9-6-7-19)27-12-14-10-15(24-3)17(28-14)21-11-13(2)16(22)20-18(21)23/h11,14-15,17H,4-6,8-10,12H2,1-3H3,(H,20,22,23)/t14-,15?,17+,29?/m0/s1. The number of nitriles is 1. The van der Waals surface area contributed by atoms with Crippen molar-refractivity contribution in [3.63, 3.8) is 0 Å². The summed E-state index contributed by atoms with van der Waals surface area (Å²) < 4.78 is 29.7. The third-order valence-electron chi connectivity index (χ3n) is 4.34. The van der Waals surface area contributed by atoms with E-state index in [2.05, 4.69) is 11.9 Å². The molecule has 1 aromatic heterocycles. The SMILES string of the molecule is CCCCOP(OCCC#N)OC[C@@H]1CC(OC)[C@H](n2cc(C)c(=O)[nH]c2=O)O1. The molecule has 1 saturated heterocycles. The number of unbranched alkanes of at least 4 members (excludes halogenated alkanes) is 1. The monoisotopic (exact) mass is 429 g/mol. The predicted octanol–water partition coefficient (Wildman–Crippen LogP) is 2.14. The van der Waals surface area contributed by atoms with E-state index < -0.39 is 26.1 Å². The molecule has 0 spiro atoms. The van der Waals surface area contributed by atoms with Gasteiger partial charge in [0.05, 0.1) is 38.4 Å². The number of nitrogens with one attached hydrogen (secondary N) is 1. The van der Waals surface area contributed by atoms with Crippen LogP contribution in [0.4, 0.5) is 0 Å². The summed E-state index contributed by atoms with van der Waals surface area (Å²) in [5.41, 5.74) is -0.580. The average molecular weight is 429 g/mol. The highest BCUT2D eigenvalue weighted by atomic mass is 31.2. The Morgan fingerprint density at radius 3 is 2.79 bits per heavy atom. The molecule has 10 nitrogen and oxygen atoms in total. The van der Waals surface area contributed by atoms with E-state index in [4.69, 9.17) is 28.3 Å². The maximum Gasteiger partial charge on any atom is 0.332 e. The van der Waals surface area contributed by atoms with Gasteiger partial charge in [-0.15, -0.1) is 0 Å². The summed E-state index contributed by atoms with van der Waals surface area (Å²) in [5.74, 6) is 0. The van der Waals surface area contributed by atoms with Crippen LogP contribution in [0.25, 0.3) is 0 Å². The smallest absolute Gasteiger partial charge is 0.332 e. The van der Waals surface area contributed by atoms with Gasteiger partial charge >= 0.3 is 14.3 Å². The van der Waals surface area contributed by atoms with E-state index in [0.717, 1.165) is 12.8 Å². The molecule has 1 aliphatic heterocycles. The Labute approximate surface area is 170 Å². The molecule has 1 N–H and O–H groups in total. The van der Waals surface area contributed by atoms with Crippen molar-refractivity contribution in [3.8, 4) is 6.07 Å². The Hall–Kier alpha value is -1.60. The van der Waals surface area contributed by atoms with Crippen LogP contribution in [0.5, 0.6) is 0 Å². The van der Waals surface area contributed by atoms with E-state index in [1.807, 2.05) is 6.07 Å². The minimum absolute atomic E-state index is 0.192. The molecule has 1 fully saturated rings. The van der Waals surface area contributed by atoms with Gasteiger partial charge in [0.1, 0.15) is 6.10 Å². The number of aryl methyl sites for hydroxylation is 1. The van der Waals surface area contributed by atoms with Crippen LogP contribution in [-0.2, 0) is 23.0 Å². The molecular formula is C18H28N3O7P. The second-order valence-corrected chi connectivity index (χ2v) is 7.81. The van der Waals surface area contributed by atoms with Gasteiger partial charge in [-0.3, -0.25) is 14.3 Å². The zero-order valence-corrected chi connectivity index (χ0v) is 17.9. The van der Waals surface area contributed by atoms with E-state index in [1.165, 1.54) is 10.8 Å². The van der Waals surface area contributed by atoms with Crippen molar-refractivity contribution in [1.29, 1.82) is 5.26 Å². The molecule has 2 unspecified atom stereocenters. The lowest BCUT2D eigenvalue weighted by molar-refractivity contribution is -0.0618. The molecule has 1 aromatic rings. The maximum atomic E-state index is 12.2. The minimum atomic E-state index is -1.59. The molecule has 4 atom stereocenters. The van der Waals surface area contributed by atoms with E-state index in [1.54, 1.807) is 14.0 Å². The molecule has 1 aliphatic rings. The van der Waals surface area contributed by atoms with E-state index >= 15 is 0 Å². The lowest BCUT2D eigenvalue weighted by Gasteiger charge is -2.20. The van der Waals surface area contributed by atoms with Crippen molar-refractivity contribution in [2.45, 2.75) is 58.0 Å². The van der Waals surface area contributed by atoms with Gasteiger partial charge in [0.25, 0.3) is 5.56 Å². The Bertz CT molecular complexity index is 791. The zero-order chi connectivity index (χ0) is 21.2. The van der Waals surface area contributed by atoms with Crippen molar-refractivity contribution >= 4 is 8.60 Å². The molecule has 0 radical (unpaired) electrons. The Morgan fingerprint density at radius 2 is 2.10 bits per heavy atom. The zero-order valence-electron chi connectivity index (χ0n) is 17.0. The molecule has 0 bridgehead atoms. The summed E-state index contributed by atoms with van der Waals surface area (Å²) in [4.78, 5) is 26.1. The normalized spacial score (nSPS) is 22.5. The van der Waals surface area contributed by atoms with Crippen LogP contribution in [0.15, 0.2) is 15.8 Å². The third kappa shape index (κ3) is 7.00. The van der Waals surface area contributed by atoms with Crippen LogP contribution in [0, 0.1) is 18.3 Å². The molecule has 29 heavy (non-hydrogen) atoms. The molecule has 0 saturated carbocycles. The number of nitrogens with zero attached hydrogens (tertiary/aromatic N) is 2. The topological polar surface area (TPSA) is 125 Å². The number of hydrogen-bond donors (Lipinski definition) is 1. The van der Waals surface area contributed by atoms with Crippen molar-refractivity contribution < 1.29 is 23.0 Å². The number of ether oxygens (including phenoxy) is 2. The number of rotatable bonds is 12. The molecule has 0 amide bonds. The highest BCUT2D eigenvalue weighted by Gasteiger charge is 2.38. The maximum absolute atomic E-state index is 12.2. The largest absolute Gasteiger partial charge is 0.377 e. The fourth-order valence-electron chi connectivity index (χ4n) is 2.76. The second-order valence-electron chi connectivity index (χ2n) is 6.58. The lowest BCUT2D eigenvalue weighted by atomic mass is 10.2. The number of methoxy groups -OCH3 is 1. The fourth-order valence-corrected chi connectivity index (χ4v) is 3.79.